The van der Waals surface area contributed by atoms with Crippen LogP contribution < -0.4 is 15.0 Å². The molecule has 0 bridgehead atoms. The molecular formula is C25H31N3O4S. The molecular weight excluding hydrogens is 438 g/mol. The molecule has 176 valence electrons. The molecule has 1 amide bonds. The molecule has 5 rings (SSSR count). The lowest BCUT2D eigenvalue weighted by atomic mass is 9.98. The zero-order valence-electron chi connectivity index (χ0n) is 19.3. The number of rotatable bonds is 3. The molecule has 2 fully saturated rings. The van der Waals surface area contributed by atoms with Gasteiger partial charge in [0, 0.05) is 32.2 Å². The van der Waals surface area contributed by atoms with Crippen molar-refractivity contribution < 1.29 is 17.9 Å². The van der Waals surface area contributed by atoms with Crippen molar-refractivity contribution in [3.63, 3.8) is 0 Å². The van der Waals surface area contributed by atoms with E-state index in [2.05, 4.69) is 17.1 Å². The van der Waals surface area contributed by atoms with E-state index in [0.717, 1.165) is 50.8 Å². The first-order valence-corrected chi connectivity index (χ1v) is 13.3. The smallest absolute Gasteiger partial charge is 0.259 e. The highest BCUT2D eigenvalue weighted by Crippen LogP contribution is 2.42. The Bertz CT molecular complexity index is 1180. The number of aryl methyl sites for hydroxylation is 1. The Hall–Kier alpha value is -2.58. The predicted molar refractivity (Wildman–Crippen MR) is 129 cm³/mol. The average molecular weight is 470 g/mol. The van der Waals surface area contributed by atoms with Crippen LogP contribution in [0, 0.1) is 12.8 Å². The third-order valence-electron chi connectivity index (χ3n) is 6.97. The van der Waals surface area contributed by atoms with Crippen molar-refractivity contribution in [2.75, 3.05) is 36.4 Å². The number of nitrogens with one attached hydrogen (secondary N) is 1. The fraction of sp³-hybridized carbons (Fsp3) is 0.480. The van der Waals surface area contributed by atoms with E-state index in [9.17, 15) is 13.2 Å². The summed E-state index contributed by atoms with van der Waals surface area (Å²) >= 11 is 0. The summed E-state index contributed by atoms with van der Waals surface area (Å²) < 4.78 is 35.3. The van der Waals surface area contributed by atoms with Gasteiger partial charge in [-0.1, -0.05) is 19.4 Å². The zero-order valence-corrected chi connectivity index (χ0v) is 20.1. The van der Waals surface area contributed by atoms with Crippen LogP contribution in [0.4, 0.5) is 11.4 Å². The number of piperidine rings is 2. The van der Waals surface area contributed by atoms with Gasteiger partial charge in [0.05, 0.1) is 16.9 Å². The lowest BCUT2D eigenvalue weighted by Gasteiger charge is -2.35. The number of anilines is 2. The number of carbonyl (C=O) groups excluding carboxylic acids is 1. The van der Waals surface area contributed by atoms with E-state index in [1.807, 2.05) is 25.1 Å². The second-order valence-corrected chi connectivity index (χ2v) is 11.4. The summed E-state index contributed by atoms with van der Waals surface area (Å²) in [6.45, 7) is 6.77. The van der Waals surface area contributed by atoms with Crippen LogP contribution in [0.2, 0.25) is 0 Å². The van der Waals surface area contributed by atoms with E-state index in [1.54, 1.807) is 10.4 Å². The van der Waals surface area contributed by atoms with Crippen LogP contribution in [0.3, 0.4) is 0 Å². The number of carbonyl (C=O) groups is 1. The molecule has 33 heavy (non-hydrogen) atoms. The van der Waals surface area contributed by atoms with Gasteiger partial charge in [-0.15, -0.1) is 0 Å². The summed E-state index contributed by atoms with van der Waals surface area (Å²) in [5.74, 6) is 1.20. The number of hydrogen-bond donors (Lipinski definition) is 1. The summed E-state index contributed by atoms with van der Waals surface area (Å²) in [7, 11) is -3.74. The second kappa shape index (κ2) is 8.65. The molecule has 7 nitrogen and oxygen atoms in total. The molecule has 3 aliphatic heterocycles. The molecule has 2 saturated heterocycles. The van der Waals surface area contributed by atoms with Crippen molar-refractivity contribution in [3.8, 4) is 11.5 Å². The van der Waals surface area contributed by atoms with E-state index in [-0.39, 0.29) is 16.4 Å². The van der Waals surface area contributed by atoms with Gasteiger partial charge in [0.1, 0.15) is 10.6 Å². The Morgan fingerprint density at radius 1 is 0.970 bits per heavy atom. The summed E-state index contributed by atoms with van der Waals surface area (Å²) in [5, 5.41) is 2.90. The maximum absolute atomic E-state index is 13.8. The van der Waals surface area contributed by atoms with Gasteiger partial charge in [-0.05, 0) is 62.3 Å². The van der Waals surface area contributed by atoms with Gasteiger partial charge in [-0.2, -0.15) is 4.31 Å². The van der Waals surface area contributed by atoms with Crippen LogP contribution in [0.5, 0.6) is 11.5 Å². The van der Waals surface area contributed by atoms with E-state index < -0.39 is 10.0 Å². The van der Waals surface area contributed by atoms with E-state index in [4.69, 9.17) is 4.74 Å². The maximum Gasteiger partial charge on any atom is 0.259 e. The van der Waals surface area contributed by atoms with Gasteiger partial charge in [0.25, 0.3) is 5.91 Å². The molecule has 0 spiro atoms. The normalized spacial score (nSPS) is 19.8. The fourth-order valence-corrected chi connectivity index (χ4v) is 6.63. The fourth-order valence-electron chi connectivity index (χ4n) is 4.90. The van der Waals surface area contributed by atoms with Crippen molar-refractivity contribution in [2.45, 2.75) is 50.8 Å². The van der Waals surface area contributed by atoms with Gasteiger partial charge in [-0.25, -0.2) is 8.42 Å². The van der Waals surface area contributed by atoms with Crippen molar-refractivity contribution in [1.82, 2.24) is 4.31 Å². The minimum absolute atomic E-state index is 0.207. The molecule has 3 aliphatic rings. The number of amides is 1. The number of benzene rings is 2. The number of hydrogen-bond acceptors (Lipinski definition) is 5. The summed E-state index contributed by atoms with van der Waals surface area (Å²) in [6.07, 6.45) is 4.77. The molecule has 0 saturated carbocycles. The van der Waals surface area contributed by atoms with Gasteiger partial charge in [0.15, 0.2) is 5.75 Å². The minimum atomic E-state index is -3.74. The topological polar surface area (TPSA) is 79.0 Å². The highest BCUT2D eigenvalue weighted by Gasteiger charge is 2.34. The molecule has 0 radical (unpaired) electrons. The monoisotopic (exact) mass is 469 g/mol. The highest BCUT2D eigenvalue weighted by molar-refractivity contribution is 7.89. The largest absolute Gasteiger partial charge is 0.454 e. The van der Waals surface area contributed by atoms with Crippen LogP contribution >= 0.6 is 0 Å². The first-order chi connectivity index (χ1) is 15.8. The standard InChI is InChI=1S/C25H31N3O4S/c1-17-8-12-27(13-9-17)21-16-23-19(15-24(21)33(30,31)28-10-4-3-5-11-28)25(29)26-20-14-18(2)6-7-22(20)32-23/h6-7,14-17H,3-5,8-13H2,1-2H3,(H,26,29). The van der Waals surface area contributed by atoms with Crippen LogP contribution in [0.1, 0.15) is 54.9 Å². The Morgan fingerprint density at radius 3 is 2.42 bits per heavy atom. The summed E-state index contributed by atoms with van der Waals surface area (Å²) in [6, 6.07) is 8.91. The second-order valence-electron chi connectivity index (χ2n) is 9.51. The van der Waals surface area contributed by atoms with Crippen LogP contribution in [0.25, 0.3) is 0 Å². The van der Waals surface area contributed by atoms with Crippen molar-refractivity contribution >= 4 is 27.3 Å². The molecule has 3 heterocycles. The summed E-state index contributed by atoms with van der Waals surface area (Å²) in [4.78, 5) is 15.5. The van der Waals surface area contributed by atoms with Crippen molar-refractivity contribution in [3.05, 3.63) is 41.5 Å². The number of sulfonamides is 1. The third-order valence-corrected chi connectivity index (χ3v) is 8.89. The van der Waals surface area contributed by atoms with Gasteiger partial charge in [-0.3, -0.25) is 4.79 Å². The number of nitrogens with zero attached hydrogens (tertiary/aromatic N) is 2. The first-order valence-electron chi connectivity index (χ1n) is 11.9. The third kappa shape index (κ3) is 4.22. The lowest BCUT2D eigenvalue weighted by molar-refractivity contribution is 0.102. The molecule has 2 aromatic carbocycles. The lowest BCUT2D eigenvalue weighted by Crippen LogP contribution is -2.38. The van der Waals surface area contributed by atoms with Crippen LogP contribution in [-0.2, 0) is 10.0 Å². The molecule has 0 aromatic heterocycles. The molecule has 0 unspecified atom stereocenters. The Morgan fingerprint density at radius 2 is 1.70 bits per heavy atom. The van der Waals surface area contributed by atoms with E-state index in [1.165, 1.54) is 6.07 Å². The van der Waals surface area contributed by atoms with Crippen molar-refractivity contribution in [1.29, 1.82) is 0 Å². The van der Waals surface area contributed by atoms with Crippen molar-refractivity contribution in [2.24, 2.45) is 5.92 Å². The van der Waals surface area contributed by atoms with E-state index in [0.29, 0.717) is 41.9 Å². The van der Waals surface area contributed by atoms with Gasteiger partial charge < -0.3 is 15.0 Å². The predicted octanol–water partition coefficient (Wildman–Crippen LogP) is 4.76. The number of fused-ring (bicyclic) bond motifs is 2. The average Bonchev–Trinajstić information content (AvgIpc) is 2.94. The highest BCUT2D eigenvalue weighted by atomic mass is 32.2. The first kappa shape index (κ1) is 22.2. The molecule has 2 aromatic rings. The quantitative estimate of drug-likeness (QED) is 0.701. The zero-order chi connectivity index (χ0) is 23.2. The number of ether oxygens (including phenoxy) is 1. The maximum atomic E-state index is 13.8. The Labute approximate surface area is 195 Å². The molecule has 0 aliphatic carbocycles. The SMILES string of the molecule is Cc1ccc2c(c1)NC(=O)c1cc(S(=O)(=O)N3CCCCC3)c(N3CCC(C)CC3)cc1O2. The molecule has 0 atom stereocenters. The van der Waals surface area contributed by atoms with Crippen LogP contribution in [-0.4, -0.2) is 44.8 Å². The van der Waals surface area contributed by atoms with E-state index >= 15 is 0 Å². The minimum Gasteiger partial charge on any atom is -0.454 e. The molecule has 8 heteroatoms. The Balaban J connectivity index is 1.64. The van der Waals surface area contributed by atoms with Gasteiger partial charge >= 0.3 is 0 Å². The summed E-state index contributed by atoms with van der Waals surface area (Å²) in [5.41, 5.74) is 2.47. The Kier molecular flexibility index (Phi) is 5.82. The van der Waals surface area contributed by atoms with Crippen LogP contribution in [0.15, 0.2) is 35.2 Å². The molecule has 1 N–H and O–H groups in total. The van der Waals surface area contributed by atoms with Gasteiger partial charge in [0.2, 0.25) is 10.0 Å².